The number of hydrogen-bond acceptors (Lipinski definition) is 1. The highest BCUT2D eigenvalue weighted by molar-refractivity contribution is 5.92. The molecule has 6 rings (SSSR count). The molecule has 0 heterocycles. The number of hydrogen-bond donors (Lipinski definition) is 0. The van der Waals surface area contributed by atoms with Crippen LogP contribution in [0.15, 0.2) is 121 Å². The van der Waals surface area contributed by atoms with Gasteiger partial charge in [-0.3, -0.25) is 0 Å². The number of nitrogens with zero attached hydrogens (tertiary/aromatic N) is 1. The summed E-state index contributed by atoms with van der Waals surface area (Å²) >= 11 is 0. The van der Waals surface area contributed by atoms with Crippen LogP contribution in [0.3, 0.4) is 0 Å². The maximum absolute atomic E-state index is 2.47. The molecule has 0 bridgehead atoms. The zero-order valence-electron chi connectivity index (χ0n) is 22.9. The summed E-state index contributed by atoms with van der Waals surface area (Å²) in [5.74, 6) is 0. The summed E-state index contributed by atoms with van der Waals surface area (Å²) in [5, 5.41) is 0. The zero-order valence-corrected chi connectivity index (χ0v) is 22.9. The van der Waals surface area contributed by atoms with Gasteiger partial charge in [0.1, 0.15) is 0 Å². The van der Waals surface area contributed by atoms with Gasteiger partial charge >= 0.3 is 0 Å². The van der Waals surface area contributed by atoms with Crippen molar-refractivity contribution in [1.82, 2.24) is 0 Å². The second-order valence-electron chi connectivity index (χ2n) is 10.6. The molecule has 1 nitrogen and oxygen atoms in total. The standard InChI is InChI=1S/C38H35N/c1-28-20-25-37(29(2)26-28)39(38-19-11-17-31-16-9-10-18-35(31)38)34-23-21-30(22-24-34)27-36(32-12-5-3-6-13-32)33-14-7-4-8-15-33/h3-8,11-15,17,19-27H,9-10,16,18H2,1-2H3. The highest BCUT2D eigenvalue weighted by atomic mass is 15.1. The predicted octanol–water partition coefficient (Wildman–Crippen LogP) is 10.2. The SMILES string of the molecule is Cc1ccc(N(c2ccc(C=C(c3ccccc3)c3ccccc3)cc2)c2cccc3c2CCCC3)c(C)c1. The molecule has 0 saturated heterocycles. The number of aryl methyl sites for hydroxylation is 3. The summed E-state index contributed by atoms with van der Waals surface area (Å²) in [6, 6.07) is 44.1. The first-order valence-corrected chi connectivity index (χ1v) is 14.1. The lowest BCUT2D eigenvalue weighted by Crippen LogP contribution is -2.16. The van der Waals surface area contributed by atoms with Gasteiger partial charge in [0.15, 0.2) is 0 Å². The third-order valence-electron chi connectivity index (χ3n) is 7.84. The zero-order chi connectivity index (χ0) is 26.6. The Morgan fingerprint density at radius 3 is 1.95 bits per heavy atom. The molecule has 0 N–H and O–H groups in total. The van der Waals surface area contributed by atoms with Crippen LogP contribution in [0.5, 0.6) is 0 Å². The van der Waals surface area contributed by atoms with Crippen molar-refractivity contribution in [2.24, 2.45) is 0 Å². The fourth-order valence-electron chi connectivity index (χ4n) is 5.89. The normalized spacial score (nSPS) is 12.5. The van der Waals surface area contributed by atoms with Gasteiger partial charge in [-0.2, -0.15) is 0 Å². The first-order chi connectivity index (χ1) is 19.2. The van der Waals surface area contributed by atoms with Crippen LogP contribution in [0.25, 0.3) is 11.6 Å². The molecule has 0 radical (unpaired) electrons. The second kappa shape index (κ2) is 11.2. The molecule has 1 heteroatoms. The molecule has 0 aromatic heterocycles. The molecule has 1 aliphatic carbocycles. The fourth-order valence-corrected chi connectivity index (χ4v) is 5.89. The van der Waals surface area contributed by atoms with Gasteiger partial charge in [-0.25, -0.2) is 0 Å². The van der Waals surface area contributed by atoms with Crippen LogP contribution in [-0.2, 0) is 12.8 Å². The van der Waals surface area contributed by atoms with E-state index in [0.29, 0.717) is 0 Å². The van der Waals surface area contributed by atoms with Crippen molar-refractivity contribution in [2.45, 2.75) is 39.5 Å². The van der Waals surface area contributed by atoms with Gasteiger partial charge in [-0.05, 0) is 109 Å². The Balaban J connectivity index is 1.45. The second-order valence-corrected chi connectivity index (χ2v) is 10.6. The van der Waals surface area contributed by atoms with Crippen LogP contribution < -0.4 is 4.90 Å². The average molecular weight is 506 g/mol. The van der Waals surface area contributed by atoms with E-state index in [1.807, 2.05) is 0 Å². The van der Waals surface area contributed by atoms with Crippen LogP contribution in [0.4, 0.5) is 17.1 Å². The maximum atomic E-state index is 2.47. The van der Waals surface area contributed by atoms with Gasteiger partial charge in [0.25, 0.3) is 0 Å². The maximum Gasteiger partial charge on any atom is 0.0496 e. The van der Waals surface area contributed by atoms with Crippen LogP contribution >= 0.6 is 0 Å². The Morgan fingerprint density at radius 1 is 0.615 bits per heavy atom. The summed E-state index contributed by atoms with van der Waals surface area (Å²) < 4.78 is 0. The Hall–Kier alpha value is -4.36. The van der Waals surface area contributed by atoms with E-state index in [-0.39, 0.29) is 0 Å². The van der Waals surface area contributed by atoms with Crippen molar-refractivity contribution in [1.29, 1.82) is 0 Å². The molecule has 1 aliphatic rings. The van der Waals surface area contributed by atoms with Gasteiger partial charge in [0.2, 0.25) is 0 Å². The predicted molar refractivity (Wildman–Crippen MR) is 167 cm³/mol. The minimum absolute atomic E-state index is 1.14. The van der Waals surface area contributed by atoms with Crippen LogP contribution in [-0.4, -0.2) is 0 Å². The molecular weight excluding hydrogens is 470 g/mol. The van der Waals surface area contributed by atoms with E-state index >= 15 is 0 Å². The molecule has 0 saturated carbocycles. The molecular formula is C38H35N. The van der Waals surface area contributed by atoms with Gasteiger partial charge < -0.3 is 4.90 Å². The molecule has 0 aliphatic heterocycles. The summed E-state index contributed by atoms with van der Waals surface area (Å²) in [6.07, 6.45) is 7.17. The highest BCUT2D eigenvalue weighted by Gasteiger charge is 2.21. The molecule has 0 spiro atoms. The van der Waals surface area contributed by atoms with Crippen molar-refractivity contribution in [3.63, 3.8) is 0 Å². The third kappa shape index (κ3) is 5.31. The molecule has 192 valence electrons. The van der Waals surface area contributed by atoms with Crippen LogP contribution in [0.1, 0.15) is 51.8 Å². The topological polar surface area (TPSA) is 3.24 Å². The lowest BCUT2D eigenvalue weighted by Gasteiger charge is -2.31. The number of benzene rings is 5. The van der Waals surface area contributed by atoms with E-state index < -0.39 is 0 Å². The average Bonchev–Trinajstić information content (AvgIpc) is 2.99. The van der Waals surface area contributed by atoms with E-state index in [4.69, 9.17) is 0 Å². The molecule has 5 aromatic rings. The third-order valence-corrected chi connectivity index (χ3v) is 7.84. The van der Waals surface area contributed by atoms with E-state index in [1.54, 1.807) is 0 Å². The number of fused-ring (bicyclic) bond motifs is 1. The molecule has 39 heavy (non-hydrogen) atoms. The Morgan fingerprint density at radius 2 is 1.28 bits per heavy atom. The molecule has 0 atom stereocenters. The summed E-state index contributed by atoms with van der Waals surface area (Å²) in [7, 11) is 0. The Kier molecular flexibility index (Phi) is 7.15. The largest absolute Gasteiger partial charge is 0.310 e. The fraction of sp³-hybridized carbons (Fsp3) is 0.158. The minimum Gasteiger partial charge on any atom is -0.310 e. The van der Waals surface area contributed by atoms with Crippen molar-refractivity contribution < 1.29 is 0 Å². The summed E-state index contributed by atoms with van der Waals surface area (Å²) in [6.45, 7) is 4.40. The smallest absolute Gasteiger partial charge is 0.0496 e. The van der Waals surface area contributed by atoms with E-state index in [1.165, 1.54) is 80.8 Å². The van der Waals surface area contributed by atoms with Crippen LogP contribution in [0, 0.1) is 13.8 Å². The Bertz CT molecular complexity index is 1550. The van der Waals surface area contributed by atoms with Crippen molar-refractivity contribution in [3.05, 3.63) is 160 Å². The number of anilines is 3. The lowest BCUT2D eigenvalue weighted by molar-refractivity contribution is 0.686. The molecule has 0 unspecified atom stereocenters. The van der Waals surface area contributed by atoms with Crippen molar-refractivity contribution in [2.75, 3.05) is 4.90 Å². The number of rotatable bonds is 6. The summed E-state index contributed by atoms with van der Waals surface area (Å²) in [5.41, 5.74) is 14.2. The van der Waals surface area contributed by atoms with E-state index in [0.717, 1.165) is 6.42 Å². The minimum atomic E-state index is 1.14. The monoisotopic (exact) mass is 505 g/mol. The lowest BCUT2D eigenvalue weighted by atomic mass is 9.89. The van der Waals surface area contributed by atoms with Crippen LogP contribution in [0.2, 0.25) is 0 Å². The quantitative estimate of drug-likeness (QED) is 0.207. The van der Waals surface area contributed by atoms with Crippen molar-refractivity contribution >= 4 is 28.7 Å². The summed E-state index contributed by atoms with van der Waals surface area (Å²) in [4.78, 5) is 2.47. The van der Waals surface area contributed by atoms with E-state index in [2.05, 4.69) is 146 Å². The highest BCUT2D eigenvalue weighted by Crippen LogP contribution is 2.41. The first kappa shape index (κ1) is 24.9. The first-order valence-electron chi connectivity index (χ1n) is 14.1. The molecule has 0 fully saturated rings. The van der Waals surface area contributed by atoms with E-state index in [9.17, 15) is 0 Å². The molecule has 0 amide bonds. The van der Waals surface area contributed by atoms with Gasteiger partial charge in [0, 0.05) is 17.1 Å². The van der Waals surface area contributed by atoms with Gasteiger partial charge in [-0.1, -0.05) is 103 Å². The van der Waals surface area contributed by atoms with Gasteiger partial charge in [0.05, 0.1) is 0 Å². The Labute approximate surface area is 233 Å². The molecule has 5 aromatic carbocycles. The van der Waals surface area contributed by atoms with Crippen molar-refractivity contribution in [3.8, 4) is 0 Å². The van der Waals surface area contributed by atoms with Gasteiger partial charge in [-0.15, -0.1) is 0 Å².